The Bertz CT molecular complexity index is 631. The van der Waals surface area contributed by atoms with Crippen LogP contribution in [0.3, 0.4) is 0 Å². The van der Waals surface area contributed by atoms with E-state index in [0.717, 1.165) is 11.1 Å². The summed E-state index contributed by atoms with van der Waals surface area (Å²) in [6.45, 7) is 3.71. The lowest BCUT2D eigenvalue weighted by Gasteiger charge is -2.15. The molecule has 0 spiro atoms. The van der Waals surface area contributed by atoms with Crippen molar-refractivity contribution in [3.8, 4) is 11.5 Å². The number of benzene rings is 1. The Morgan fingerprint density at radius 3 is 2.22 bits per heavy atom. The summed E-state index contributed by atoms with van der Waals surface area (Å²) in [5.74, 6) is 1.61. The van der Waals surface area contributed by atoms with E-state index in [9.17, 15) is 0 Å². The molecule has 0 fully saturated rings. The third-order valence-corrected chi connectivity index (χ3v) is 3.61. The first-order valence-corrected chi connectivity index (χ1v) is 6.11. The van der Waals surface area contributed by atoms with Crippen LogP contribution in [-0.4, -0.2) is 24.2 Å². The van der Waals surface area contributed by atoms with E-state index in [1.54, 1.807) is 7.11 Å². The van der Waals surface area contributed by atoms with Gasteiger partial charge in [-0.2, -0.15) is 0 Å². The molecular weight excluding hydrogens is 272 g/mol. The predicted octanol–water partition coefficient (Wildman–Crippen LogP) is 3.21. The van der Waals surface area contributed by atoms with Crippen molar-refractivity contribution in [3.63, 3.8) is 0 Å². The Labute approximate surface area is 116 Å². The van der Waals surface area contributed by atoms with E-state index >= 15 is 0 Å². The van der Waals surface area contributed by atoms with Crippen molar-refractivity contribution in [1.82, 2.24) is 9.97 Å². The maximum Gasteiger partial charge on any atom is 0.188 e. The van der Waals surface area contributed by atoms with Crippen LogP contribution >= 0.6 is 24.2 Å². The molecular formula is C12H13ClN2O2S. The van der Waals surface area contributed by atoms with E-state index in [1.165, 1.54) is 7.11 Å². The molecule has 0 saturated carbocycles. The Morgan fingerprint density at radius 2 is 1.67 bits per heavy atom. The van der Waals surface area contributed by atoms with Gasteiger partial charge in [0.2, 0.25) is 0 Å². The molecule has 0 atom stereocenters. The normalized spacial score (nSPS) is 10.8. The van der Waals surface area contributed by atoms with Crippen LogP contribution < -0.4 is 9.47 Å². The minimum atomic E-state index is 0.403. The van der Waals surface area contributed by atoms with Gasteiger partial charge < -0.3 is 9.47 Å². The van der Waals surface area contributed by atoms with Crippen LogP contribution in [0.4, 0.5) is 0 Å². The van der Waals surface area contributed by atoms with Crippen molar-refractivity contribution in [2.45, 2.75) is 18.7 Å². The monoisotopic (exact) mass is 284 g/mol. The lowest BCUT2D eigenvalue weighted by Crippen LogP contribution is -2.00. The molecule has 1 aromatic carbocycles. The number of nitrogens with zero attached hydrogens (tertiary/aromatic N) is 2. The minimum Gasteiger partial charge on any atom is -0.491 e. The average Bonchev–Trinajstić information content (AvgIpc) is 2.32. The van der Waals surface area contributed by atoms with Gasteiger partial charge in [-0.3, -0.25) is 0 Å². The largest absolute Gasteiger partial charge is 0.491 e. The summed E-state index contributed by atoms with van der Waals surface area (Å²) in [4.78, 5) is 9.31. The molecule has 0 saturated heterocycles. The molecule has 0 amide bonds. The summed E-state index contributed by atoms with van der Waals surface area (Å²) in [5.41, 5.74) is 1.47. The van der Waals surface area contributed by atoms with E-state index in [1.807, 2.05) is 13.8 Å². The van der Waals surface area contributed by atoms with Crippen molar-refractivity contribution in [1.29, 1.82) is 0 Å². The number of fused-ring (bicyclic) bond motifs is 1. The first-order valence-electron chi connectivity index (χ1n) is 5.28. The number of halogens is 1. The van der Waals surface area contributed by atoms with E-state index < -0.39 is 0 Å². The second kappa shape index (κ2) is 4.82. The molecule has 0 bridgehead atoms. The second-order valence-electron chi connectivity index (χ2n) is 3.81. The van der Waals surface area contributed by atoms with Gasteiger partial charge in [0.1, 0.15) is 16.4 Å². The molecule has 0 aliphatic carbocycles. The zero-order valence-electron chi connectivity index (χ0n) is 10.5. The smallest absolute Gasteiger partial charge is 0.188 e. The van der Waals surface area contributed by atoms with Gasteiger partial charge in [0.15, 0.2) is 11.5 Å². The predicted molar refractivity (Wildman–Crippen MR) is 74.4 cm³/mol. The molecule has 1 heterocycles. The van der Waals surface area contributed by atoms with Gasteiger partial charge in [0.25, 0.3) is 0 Å². The Balaban J connectivity index is 3.04. The fourth-order valence-corrected chi connectivity index (χ4v) is 2.58. The van der Waals surface area contributed by atoms with Crippen molar-refractivity contribution in [2.75, 3.05) is 14.2 Å². The third-order valence-electron chi connectivity index (χ3n) is 2.68. The summed E-state index contributed by atoms with van der Waals surface area (Å²) < 4.78 is 10.6. The first kappa shape index (κ1) is 13.2. The maximum absolute atomic E-state index is 6.23. The Hall–Kier alpha value is -1.20. The molecule has 0 N–H and O–H groups in total. The molecule has 96 valence electrons. The minimum absolute atomic E-state index is 0.403. The number of aryl methyl sites for hydroxylation is 2. The van der Waals surface area contributed by atoms with Crippen LogP contribution in [0, 0.1) is 13.8 Å². The molecule has 0 unspecified atom stereocenters. The average molecular weight is 285 g/mol. The highest BCUT2D eigenvalue weighted by molar-refractivity contribution is 7.80. The highest BCUT2D eigenvalue weighted by Gasteiger charge is 2.21. The molecule has 2 aromatic rings. The first-order chi connectivity index (χ1) is 8.51. The van der Waals surface area contributed by atoms with Gasteiger partial charge in [0, 0.05) is 10.3 Å². The van der Waals surface area contributed by atoms with E-state index in [-0.39, 0.29) is 0 Å². The van der Waals surface area contributed by atoms with Gasteiger partial charge in [-0.25, -0.2) is 9.97 Å². The number of hydrogen-bond donors (Lipinski definition) is 1. The fraction of sp³-hybridized carbons (Fsp3) is 0.333. The number of thiol groups is 1. The molecule has 6 heteroatoms. The number of hydrogen-bond acceptors (Lipinski definition) is 5. The zero-order valence-corrected chi connectivity index (χ0v) is 12.2. The van der Waals surface area contributed by atoms with Crippen molar-refractivity contribution >= 4 is 35.1 Å². The van der Waals surface area contributed by atoms with Gasteiger partial charge in [-0.05, 0) is 13.8 Å². The summed E-state index contributed by atoms with van der Waals surface area (Å²) in [6, 6.07) is 0. The molecule has 0 aliphatic rings. The number of rotatable bonds is 2. The van der Waals surface area contributed by atoms with E-state index in [2.05, 4.69) is 22.6 Å². The van der Waals surface area contributed by atoms with Crippen LogP contribution in [0.5, 0.6) is 11.5 Å². The fourth-order valence-electron chi connectivity index (χ4n) is 1.96. The number of ether oxygens (including phenoxy) is 2. The standard InChI is InChI=1S/C12H13ClN2O2S/c1-5-7-9(15-6(2)14-5)11(17-4)10(16-3)8(13)12(7)18/h18H,1-4H3. The summed E-state index contributed by atoms with van der Waals surface area (Å²) in [6.07, 6.45) is 0. The van der Waals surface area contributed by atoms with Crippen LogP contribution in [0.25, 0.3) is 10.9 Å². The Kier molecular flexibility index (Phi) is 3.54. The van der Waals surface area contributed by atoms with E-state index in [0.29, 0.717) is 32.8 Å². The Morgan fingerprint density at radius 1 is 1.06 bits per heavy atom. The highest BCUT2D eigenvalue weighted by atomic mass is 35.5. The third kappa shape index (κ3) is 1.87. The maximum atomic E-state index is 6.23. The molecule has 0 radical (unpaired) electrons. The molecule has 2 rings (SSSR count). The zero-order chi connectivity index (χ0) is 13.4. The van der Waals surface area contributed by atoms with Gasteiger partial charge in [-0.1, -0.05) is 11.6 Å². The highest BCUT2D eigenvalue weighted by Crippen LogP contribution is 2.45. The topological polar surface area (TPSA) is 44.2 Å². The van der Waals surface area contributed by atoms with Crippen molar-refractivity contribution in [2.24, 2.45) is 0 Å². The number of aromatic nitrogens is 2. The van der Waals surface area contributed by atoms with E-state index in [4.69, 9.17) is 21.1 Å². The summed E-state index contributed by atoms with van der Waals surface area (Å²) in [5, 5.41) is 1.19. The molecule has 0 aliphatic heterocycles. The SMILES string of the molecule is COc1c(Cl)c(S)c2c(C)nc(C)nc2c1OC. The number of methoxy groups -OCH3 is 2. The van der Waals surface area contributed by atoms with Crippen LogP contribution in [0.2, 0.25) is 5.02 Å². The van der Waals surface area contributed by atoms with Crippen LogP contribution in [-0.2, 0) is 0 Å². The quantitative estimate of drug-likeness (QED) is 0.860. The van der Waals surface area contributed by atoms with Crippen molar-refractivity contribution < 1.29 is 9.47 Å². The molecule has 1 aromatic heterocycles. The molecule has 18 heavy (non-hydrogen) atoms. The van der Waals surface area contributed by atoms with Gasteiger partial charge >= 0.3 is 0 Å². The van der Waals surface area contributed by atoms with Crippen LogP contribution in [0.1, 0.15) is 11.5 Å². The second-order valence-corrected chi connectivity index (χ2v) is 4.63. The summed E-state index contributed by atoms with van der Waals surface area (Å²) in [7, 11) is 3.09. The van der Waals surface area contributed by atoms with Crippen LogP contribution in [0.15, 0.2) is 4.90 Å². The van der Waals surface area contributed by atoms with Gasteiger partial charge in [0.05, 0.1) is 19.9 Å². The lowest BCUT2D eigenvalue weighted by molar-refractivity contribution is 0.357. The molecule has 4 nitrogen and oxygen atoms in total. The lowest BCUT2D eigenvalue weighted by atomic mass is 10.1. The van der Waals surface area contributed by atoms with Crippen molar-refractivity contribution in [3.05, 3.63) is 16.5 Å². The van der Waals surface area contributed by atoms with Gasteiger partial charge in [-0.15, -0.1) is 12.6 Å². The summed E-state index contributed by atoms with van der Waals surface area (Å²) >= 11 is 10.7.